The number of hydrogen-bond acceptors (Lipinski definition) is 2. The third-order valence-electron chi connectivity index (χ3n) is 2.61. The number of nitrogens with one attached hydrogen (secondary N) is 1. The van der Waals surface area contributed by atoms with Gasteiger partial charge in [0.15, 0.2) is 0 Å². The Balaban J connectivity index is 2.83. The summed E-state index contributed by atoms with van der Waals surface area (Å²) in [5, 5.41) is 3.59. The van der Waals surface area contributed by atoms with Crippen LogP contribution in [0.1, 0.15) is 48.6 Å². The zero-order chi connectivity index (χ0) is 11.4. The van der Waals surface area contributed by atoms with E-state index in [1.54, 1.807) is 0 Å². The van der Waals surface area contributed by atoms with Crippen molar-refractivity contribution in [2.24, 2.45) is 5.92 Å². The van der Waals surface area contributed by atoms with E-state index in [4.69, 9.17) is 0 Å². The van der Waals surface area contributed by atoms with E-state index >= 15 is 0 Å². The van der Waals surface area contributed by atoms with E-state index in [0.717, 1.165) is 12.5 Å². The average Bonchev–Trinajstić information content (AvgIpc) is 2.44. The molecule has 0 amide bonds. The molecule has 0 unspecified atom stereocenters. The van der Waals surface area contributed by atoms with Crippen molar-refractivity contribution in [3.05, 3.63) is 21.4 Å². The Kier molecular flexibility index (Phi) is 4.81. The molecule has 1 rings (SSSR count). The summed E-state index contributed by atoms with van der Waals surface area (Å²) < 4.78 is 0. The lowest BCUT2D eigenvalue weighted by Gasteiger charge is -2.20. The fraction of sp³-hybridized carbons (Fsp3) is 0.692. The molecule has 0 aliphatic heterocycles. The van der Waals surface area contributed by atoms with Crippen LogP contribution < -0.4 is 5.32 Å². The quantitative estimate of drug-likeness (QED) is 0.797. The molecular weight excluding hydrogens is 202 g/mol. The van der Waals surface area contributed by atoms with Crippen LogP contribution in [0.2, 0.25) is 0 Å². The molecule has 0 aromatic carbocycles. The molecular formula is C13H23NS. The lowest BCUT2D eigenvalue weighted by Crippen LogP contribution is -2.22. The second kappa shape index (κ2) is 5.66. The maximum Gasteiger partial charge on any atom is 0.0333 e. The van der Waals surface area contributed by atoms with Crippen LogP contribution in [0.4, 0.5) is 0 Å². The average molecular weight is 225 g/mol. The first-order valence-corrected chi connectivity index (χ1v) is 6.66. The lowest BCUT2D eigenvalue weighted by atomic mass is 9.97. The highest BCUT2D eigenvalue weighted by Gasteiger charge is 2.15. The van der Waals surface area contributed by atoms with Crippen molar-refractivity contribution in [3.63, 3.8) is 0 Å². The van der Waals surface area contributed by atoms with Crippen LogP contribution in [0.3, 0.4) is 0 Å². The molecule has 1 heterocycles. The third kappa shape index (κ3) is 3.62. The van der Waals surface area contributed by atoms with Gasteiger partial charge in [0.1, 0.15) is 0 Å². The molecule has 15 heavy (non-hydrogen) atoms. The monoisotopic (exact) mass is 225 g/mol. The predicted molar refractivity (Wildman–Crippen MR) is 69.7 cm³/mol. The van der Waals surface area contributed by atoms with Crippen LogP contribution in [-0.4, -0.2) is 6.54 Å². The largest absolute Gasteiger partial charge is 0.310 e. The number of rotatable bonds is 5. The van der Waals surface area contributed by atoms with Crippen LogP contribution >= 0.6 is 11.3 Å². The molecule has 0 bridgehead atoms. The molecule has 1 atom stereocenters. The molecule has 0 saturated heterocycles. The van der Waals surface area contributed by atoms with E-state index in [2.05, 4.69) is 46.0 Å². The molecule has 86 valence electrons. The van der Waals surface area contributed by atoms with E-state index in [9.17, 15) is 0 Å². The molecule has 1 aromatic rings. The maximum atomic E-state index is 3.59. The number of thiophene rings is 1. The summed E-state index contributed by atoms with van der Waals surface area (Å²) in [5.74, 6) is 0.744. The molecule has 0 aliphatic carbocycles. The number of hydrogen-bond donors (Lipinski definition) is 1. The predicted octanol–water partition coefficient (Wildman–Crippen LogP) is 4.06. The van der Waals surface area contributed by atoms with Gasteiger partial charge in [0, 0.05) is 15.8 Å². The van der Waals surface area contributed by atoms with E-state index in [-0.39, 0.29) is 0 Å². The van der Waals surface area contributed by atoms with Crippen molar-refractivity contribution in [2.75, 3.05) is 6.54 Å². The van der Waals surface area contributed by atoms with Gasteiger partial charge in [-0.3, -0.25) is 0 Å². The van der Waals surface area contributed by atoms with Gasteiger partial charge in [0.05, 0.1) is 0 Å². The molecule has 0 saturated carbocycles. The lowest BCUT2D eigenvalue weighted by molar-refractivity contribution is 0.438. The Bertz CT molecular complexity index is 301. The minimum absolute atomic E-state index is 0.542. The third-order valence-corrected chi connectivity index (χ3v) is 3.59. The standard InChI is InChI=1S/C13H23NS/c1-6-14-13(7-9(2)3)12-8-10(4)15-11(12)5/h8-9,13-14H,6-7H2,1-5H3/t13-/m0/s1. The molecule has 1 N–H and O–H groups in total. The molecule has 2 heteroatoms. The van der Waals surface area contributed by atoms with E-state index in [1.807, 2.05) is 11.3 Å². The maximum absolute atomic E-state index is 3.59. The topological polar surface area (TPSA) is 12.0 Å². The van der Waals surface area contributed by atoms with Crippen LogP contribution in [0.25, 0.3) is 0 Å². The Morgan fingerprint density at radius 2 is 2.00 bits per heavy atom. The van der Waals surface area contributed by atoms with Crippen LogP contribution in [0, 0.1) is 19.8 Å². The minimum atomic E-state index is 0.542. The SMILES string of the molecule is CCN[C@@H](CC(C)C)c1cc(C)sc1C. The van der Waals surface area contributed by atoms with Crippen molar-refractivity contribution in [2.45, 2.75) is 47.1 Å². The highest BCUT2D eigenvalue weighted by atomic mass is 32.1. The van der Waals surface area contributed by atoms with Gasteiger partial charge in [0.25, 0.3) is 0 Å². The van der Waals surface area contributed by atoms with Gasteiger partial charge in [-0.05, 0) is 44.4 Å². The van der Waals surface area contributed by atoms with Crippen molar-refractivity contribution >= 4 is 11.3 Å². The van der Waals surface area contributed by atoms with Gasteiger partial charge < -0.3 is 5.32 Å². The Morgan fingerprint density at radius 3 is 2.40 bits per heavy atom. The summed E-state index contributed by atoms with van der Waals surface area (Å²) in [7, 11) is 0. The van der Waals surface area contributed by atoms with Gasteiger partial charge in [-0.1, -0.05) is 20.8 Å². The van der Waals surface area contributed by atoms with Crippen LogP contribution in [-0.2, 0) is 0 Å². The summed E-state index contributed by atoms with van der Waals surface area (Å²) in [6, 6.07) is 2.88. The van der Waals surface area contributed by atoms with Gasteiger partial charge >= 0.3 is 0 Å². The highest BCUT2D eigenvalue weighted by Crippen LogP contribution is 2.29. The summed E-state index contributed by atoms with van der Waals surface area (Å²) in [6.45, 7) is 12.2. The van der Waals surface area contributed by atoms with E-state index < -0.39 is 0 Å². The Morgan fingerprint density at radius 1 is 1.33 bits per heavy atom. The molecule has 0 aliphatic rings. The van der Waals surface area contributed by atoms with Crippen molar-refractivity contribution in [3.8, 4) is 0 Å². The summed E-state index contributed by atoms with van der Waals surface area (Å²) in [5.41, 5.74) is 1.51. The van der Waals surface area contributed by atoms with Crippen LogP contribution in [0.15, 0.2) is 6.07 Å². The smallest absolute Gasteiger partial charge is 0.0333 e. The minimum Gasteiger partial charge on any atom is -0.310 e. The van der Waals surface area contributed by atoms with E-state index in [0.29, 0.717) is 6.04 Å². The van der Waals surface area contributed by atoms with Crippen molar-refractivity contribution in [1.29, 1.82) is 0 Å². The zero-order valence-corrected chi connectivity index (χ0v) is 11.4. The van der Waals surface area contributed by atoms with E-state index in [1.165, 1.54) is 21.7 Å². The summed E-state index contributed by atoms with van der Waals surface area (Å²) in [6.07, 6.45) is 1.23. The zero-order valence-electron chi connectivity index (χ0n) is 10.6. The fourth-order valence-electron chi connectivity index (χ4n) is 2.03. The molecule has 0 spiro atoms. The molecule has 1 aromatic heterocycles. The first kappa shape index (κ1) is 12.7. The molecule has 1 nitrogen and oxygen atoms in total. The van der Waals surface area contributed by atoms with Gasteiger partial charge in [-0.2, -0.15) is 0 Å². The normalized spacial score (nSPS) is 13.5. The highest BCUT2D eigenvalue weighted by molar-refractivity contribution is 7.12. The van der Waals surface area contributed by atoms with Gasteiger partial charge in [-0.25, -0.2) is 0 Å². The van der Waals surface area contributed by atoms with Crippen molar-refractivity contribution < 1.29 is 0 Å². The first-order valence-electron chi connectivity index (χ1n) is 5.84. The fourth-order valence-corrected chi connectivity index (χ4v) is 3.02. The number of aryl methyl sites for hydroxylation is 2. The first-order chi connectivity index (χ1) is 7.04. The van der Waals surface area contributed by atoms with Crippen molar-refractivity contribution in [1.82, 2.24) is 5.32 Å². The van der Waals surface area contributed by atoms with Gasteiger partial charge in [0.2, 0.25) is 0 Å². The second-order valence-corrected chi connectivity index (χ2v) is 6.07. The summed E-state index contributed by atoms with van der Waals surface area (Å²) in [4.78, 5) is 2.90. The summed E-state index contributed by atoms with van der Waals surface area (Å²) >= 11 is 1.91. The molecule has 0 radical (unpaired) electrons. The van der Waals surface area contributed by atoms with Gasteiger partial charge in [-0.15, -0.1) is 11.3 Å². The molecule has 0 fully saturated rings. The van der Waals surface area contributed by atoms with Crippen LogP contribution in [0.5, 0.6) is 0 Å². The Labute approximate surface area is 97.9 Å². The Hall–Kier alpha value is -0.340. The second-order valence-electron chi connectivity index (χ2n) is 4.61.